The SMILES string of the molecule is CCNC(=O)CNC(=S)Nc1cccc(CC)c1. The third-order valence-electron chi connectivity index (χ3n) is 2.38. The summed E-state index contributed by atoms with van der Waals surface area (Å²) in [5.41, 5.74) is 2.18. The smallest absolute Gasteiger partial charge is 0.239 e. The summed E-state index contributed by atoms with van der Waals surface area (Å²) in [6.07, 6.45) is 0.981. The summed E-state index contributed by atoms with van der Waals surface area (Å²) < 4.78 is 0. The fourth-order valence-corrected chi connectivity index (χ4v) is 1.65. The average Bonchev–Trinajstić information content (AvgIpc) is 2.37. The van der Waals surface area contributed by atoms with Gasteiger partial charge < -0.3 is 16.0 Å². The molecule has 1 aromatic carbocycles. The maximum absolute atomic E-state index is 11.2. The average molecular weight is 265 g/mol. The third kappa shape index (κ3) is 5.14. The summed E-state index contributed by atoms with van der Waals surface area (Å²) in [6, 6.07) is 8.03. The summed E-state index contributed by atoms with van der Waals surface area (Å²) in [6.45, 7) is 4.79. The van der Waals surface area contributed by atoms with E-state index in [1.54, 1.807) is 0 Å². The van der Waals surface area contributed by atoms with Gasteiger partial charge in [-0.25, -0.2) is 0 Å². The number of aryl methyl sites for hydroxylation is 1. The number of thiocarbonyl (C=S) groups is 1. The van der Waals surface area contributed by atoms with Gasteiger partial charge in [0.05, 0.1) is 6.54 Å². The highest BCUT2D eigenvalue weighted by molar-refractivity contribution is 7.80. The molecular weight excluding hydrogens is 246 g/mol. The Hall–Kier alpha value is -1.62. The van der Waals surface area contributed by atoms with Crippen molar-refractivity contribution in [1.82, 2.24) is 10.6 Å². The van der Waals surface area contributed by atoms with Gasteiger partial charge in [-0.15, -0.1) is 0 Å². The Balaban J connectivity index is 2.42. The molecule has 0 unspecified atom stereocenters. The van der Waals surface area contributed by atoms with E-state index in [0.717, 1.165) is 12.1 Å². The molecule has 0 fully saturated rings. The van der Waals surface area contributed by atoms with Crippen LogP contribution in [0.5, 0.6) is 0 Å². The highest BCUT2D eigenvalue weighted by atomic mass is 32.1. The Morgan fingerprint density at radius 3 is 2.72 bits per heavy atom. The van der Waals surface area contributed by atoms with Crippen molar-refractivity contribution in [3.05, 3.63) is 29.8 Å². The zero-order valence-corrected chi connectivity index (χ0v) is 11.6. The third-order valence-corrected chi connectivity index (χ3v) is 2.62. The lowest BCUT2D eigenvalue weighted by molar-refractivity contribution is -0.119. The Morgan fingerprint density at radius 1 is 1.28 bits per heavy atom. The number of hydrogen-bond acceptors (Lipinski definition) is 2. The predicted octanol–water partition coefficient (Wildman–Crippen LogP) is 1.67. The molecule has 0 aliphatic rings. The van der Waals surface area contributed by atoms with Crippen molar-refractivity contribution in [1.29, 1.82) is 0 Å². The van der Waals surface area contributed by atoms with E-state index in [9.17, 15) is 4.79 Å². The van der Waals surface area contributed by atoms with Gasteiger partial charge in [-0.1, -0.05) is 19.1 Å². The van der Waals surface area contributed by atoms with Crippen LogP contribution in [0.15, 0.2) is 24.3 Å². The summed E-state index contributed by atoms with van der Waals surface area (Å²) in [4.78, 5) is 11.2. The number of benzene rings is 1. The van der Waals surface area contributed by atoms with Crippen LogP contribution in [0.2, 0.25) is 0 Å². The van der Waals surface area contributed by atoms with Gasteiger partial charge in [-0.2, -0.15) is 0 Å². The number of nitrogens with one attached hydrogen (secondary N) is 3. The molecule has 0 spiro atoms. The number of carbonyl (C=O) groups is 1. The van der Waals surface area contributed by atoms with E-state index in [1.807, 2.05) is 25.1 Å². The maximum atomic E-state index is 11.2. The van der Waals surface area contributed by atoms with Gasteiger partial charge in [-0.3, -0.25) is 4.79 Å². The quantitative estimate of drug-likeness (QED) is 0.709. The van der Waals surface area contributed by atoms with E-state index >= 15 is 0 Å². The van der Waals surface area contributed by atoms with Gasteiger partial charge in [0, 0.05) is 12.2 Å². The Morgan fingerprint density at radius 2 is 2.06 bits per heavy atom. The second kappa shape index (κ2) is 7.66. The molecule has 0 atom stereocenters. The number of rotatable bonds is 5. The van der Waals surface area contributed by atoms with Crippen LogP contribution >= 0.6 is 12.2 Å². The number of amides is 1. The monoisotopic (exact) mass is 265 g/mol. The van der Waals surface area contributed by atoms with Crippen LogP contribution in [0.25, 0.3) is 0 Å². The van der Waals surface area contributed by atoms with E-state index in [4.69, 9.17) is 12.2 Å². The topological polar surface area (TPSA) is 53.2 Å². The molecule has 3 N–H and O–H groups in total. The van der Waals surface area contributed by atoms with Gasteiger partial charge in [0.1, 0.15) is 0 Å². The zero-order valence-electron chi connectivity index (χ0n) is 10.7. The fourth-order valence-electron chi connectivity index (χ4n) is 1.46. The maximum Gasteiger partial charge on any atom is 0.239 e. The minimum absolute atomic E-state index is 0.0658. The molecule has 0 heterocycles. The molecule has 4 nitrogen and oxygen atoms in total. The molecule has 0 aliphatic heterocycles. The zero-order chi connectivity index (χ0) is 13.4. The summed E-state index contributed by atoms with van der Waals surface area (Å²) in [5, 5.41) is 9.06. The minimum Gasteiger partial charge on any atom is -0.355 e. The van der Waals surface area contributed by atoms with Crippen LogP contribution in [0.4, 0.5) is 5.69 Å². The van der Waals surface area contributed by atoms with Crippen LogP contribution in [-0.2, 0) is 11.2 Å². The Labute approximate surface area is 113 Å². The van der Waals surface area contributed by atoms with Crippen molar-refractivity contribution in [3.63, 3.8) is 0 Å². The molecule has 98 valence electrons. The van der Waals surface area contributed by atoms with E-state index in [1.165, 1.54) is 5.56 Å². The molecule has 1 aromatic rings. The minimum atomic E-state index is -0.0658. The fraction of sp³-hybridized carbons (Fsp3) is 0.385. The Kier molecular flexibility index (Phi) is 6.14. The van der Waals surface area contributed by atoms with E-state index < -0.39 is 0 Å². The van der Waals surface area contributed by atoms with Crippen molar-refractivity contribution < 1.29 is 4.79 Å². The van der Waals surface area contributed by atoms with Gasteiger partial charge in [0.25, 0.3) is 0 Å². The molecule has 5 heteroatoms. The lowest BCUT2D eigenvalue weighted by atomic mass is 10.1. The molecule has 0 bridgehead atoms. The summed E-state index contributed by atoms with van der Waals surface area (Å²) in [7, 11) is 0. The molecule has 1 rings (SSSR count). The van der Waals surface area contributed by atoms with E-state index in [-0.39, 0.29) is 12.5 Å². The molecule has 1 amide bonds. The number of carbonyl (C=O) groups excluding carboxylic acids is 1. The first-order chi connectivity index (χ1) is 8.65. The van der Waals surface area contributed by atoms with E-state index in [0.29, 0.717) is 11.7 Å². The first-order valence-corrected chi connectivity index (χ1v) is 6.47. The Bertz CT molecular complexity index is 420. The second-order valence-corrected chi connectivity index (χ2v) is 4.22. The highest BCUT2D eigenvalue weighted by Gasteiger charge is 2.01. The number of likely N-dealkylation sites (N-methyl/N-ethyl adjacent to an activating group) is 1. The van der Waals surface area contributed by atoms with Gasteiger partial charge in [0.15, 0.2) is 5.11 Å². The molecule has 0 aromatic heterocycles. The van der Waals surface area contributed by atoms with Crippen molar-refractivity contribution in [3.8, 4) is 0 Å². The normalized spacial score (nSPS) is 9.67. The molecule has 0 saturated carbocycles. The van der Waals surface area contributed by atoms with Gasteiger partial charge >= 0.3 is 0 Å². The first-order valence-electron chi connectivity index (χ1n) is 6.06. The lowest BCUT2D eigenvalue weighted by Gasteiger charge is -2.11. The molecule has 0 aliphatic carbocycles. The van der Waals surface area contributed by atoms with Crippen molar-refractivity contribution in [2.45, 2.75) is 20.3 Å². The van der Waals surface area contributed by atoms with Crippen molar-refractivity contribution >= 4 is 28.9 Å². The largest absolute Gasteiger partial charge is 0.355 e. The highest BCUT2D eigenvalue weighted by Crippen LogP contribution is 2.10. The number of anilines is 1. The molecular formula is C13H19N3OS. The van der Waals surface area contributed by atoms with Crippen LogP contribution in [0.3, 0.4) is 0 Å². The van der Waals surface area contributed by atoms with Crippen LogP contribution in [-0.4, -0.2) is 24.1 Å². The van der Waals surface area contributed by atoms with Crippen molar-refractivity contribution in [2.24, 2.45) is 0 Å². The molecule has 0 radical (unpaired) electrons. The van der Waals surface area contributed by atoms with Gasteiger partial charge in [0.2, 0.25) is 5.91 Å². The van der Waals surface area contributed by atoms with Crippen LogP contribution < -0.4 is 16.0 Å². The standard InChI is InChI=1S/C13H19N3OS/c1-3-10-6-5-7-11(8-10)16-13(18)15-9-12(17)14-4-2/h5-8H,3-4,9H2,1-2H3,(H,14,17)(H2,15,16,18). The lowest BCUT2D eigenvalue weighted by Crippen LogP contribution is -2.38. The molecule has 0 saturated heterocycles. The van der Waals surface area contributed by atoms with E-state index in [2.05, 4.69) is 28.9 Å². The summed E-state index contributed by atoms with van der Waals surface area (Å²) in [5.74, 6) is -0.0658. The number of hydrogen-bond donors (Lipinski definition) is 3. The molecule has 18 heavy (non-hydrogen) atoms. The van der Waals surface area contributed by atoms with Crippen LogP contribution in [0.1, 0.15) is 19.4 Å². The first kappa shape index (κ1) is 14.4. The van der Waals surface area contributed by atoms with Crippen LogP contribution in [0, 0.1) is 0 Å². The summed E-state index contributed by atoms with van der Waals surface area (Å²) >= 11 is 5.12. The van der Waals surface area contributed by atoms with Crippen molar-refractivity contribution in [2.75, 3.05) is 18.4 Å². The van der Waals surface area contributed by atoms with Gasteiger partial charge in [-0.05, 0) is 43.3 Å². The second-order valence-electron chi connectivity index (χ2n) is 3.82. The predicted molar refractivity (Wildman–Crippen MR) is 78.7 cm³/mol.